The van der Waals surface area contributed by atoms with Gasteiger partial charge in [0.15, 0.2) is 5.11 Å². The van der Waals surface area contributed by atoms with Crippen LogP contribution in [0.3, 0.4) is 0 Å². The van der Waals surface area contributed by atoms with Crippen LogP contribution in [0.1, 0.15) is 13.3 Å². The van der Waals surface area contributed by atoms with Crippen LogP contribution in [0.4, 0.5) is 0 Å². The van der Waals surface area contributed by atoms with Gasteiger partial charge in [-0.05, 0) is 19.1 Å². The number of amides is 1. The Hall–Kier alpha value is -0.640. The number of nitrogens with one attached hydrogen (secondary N) is 2. The van der Waals surface area contributed by atoms with Crippen LogP contribution < -0.4 is 10.6 Å². The molecule has 1 saturated heterocycles. The predicted octanol–water partition coefficient (Wildman–Crippen LogP) is -0.231. The molecule has 1 aliphatic heterocycles. The highest BCUT2D eigenvalue weighted by molar-refractivity contribution is 7.80. The lowest BCUT2D eigenvalue weighted by Gasteiger charge is -2.21. The minimum atomic E-state index is 0.00579. The second-order valence-electron chi connectivity index (χ2n) is 2.13. The number of carbonyl (C=O) groups is 1. The van der Waals surface area contributed by atoms with Gasteiger partial charge in [0, 0.05) is 12.5 Å². The van der Waals surface area contributed by atoms with Crippen molar-refractivity contribution in [2.45, 2.75) is 19.4 Å². The normalized spacial score (nSPS) is 27.0. The maximum Gasteiger partial charge on any atom is 0.228 e. The first-order valence-electron chi connectivity index (χ1n) is 2.79. The van der Waals surface area contributed by atoms with Crippen molar-refractivity contribution < 1.29 is 4.79 Å². The van der Waals surface area contributed by atoms with Crippen molar-refractivity contribution in [1.82, 2.24) is 10.6 Å². The van der Waals surface area contributed by atoms with Gasteiger partial charge >= 0.3 is 0 Å². The lowest BCUT2D eigenvalue weighted by Crippen LogP contribution is -2.50. The van der Waals surface area contributed by atoms with Crippen LogP contribution in [0, 0.1) is 0 Å². The van der Waals surface area contributed by atoms with Crippen molar-refractivity contribution >= 4 is 23.2 Å². The molecule has 0 aromatic carbocycles. The van der Waals surface area contributed by atoms with E-state index in [0.29, 0.717) is 11.5 Å². The van der Waals surface area contributed by atoms with Crippen molar-refractivity contribution in [3.8, 4) is 0 Å². The Kier molecular flexibility index (Phi) is 1.66. The number of thiocarbonyl (C=S) groups is 1. The molecule has 1 heterocycles. The van der Waals surface area contributed by atoms with E-state index in [1.807, 2.05) is 6.92 Å². The molecule has 1 fully saturated rings. The van der Waals surface area contributed by atoms with Crippen molar-refractivity contribution in [2.75, 3.05) is 0 Å². The Balaban J connectivity index is 2.53. The zero-order chi connectivity index (χ0) is 6.85. The molecule has 0 spiro atoms. The minimum Gasteiger partial charge on any atom is -0.359 e. The Labute approximate surface area is 58.8 Å². The summed E-state index contributed by atoms with van der Waals surface area (Å²) in [7, 11) is 0. The van der Waals surface area contributed by atoms with Gasteiger partial charge in [0.1, 0.15) is 0 Å². The van der Waals surface area contributed by atoms with Gasteiger partial charge in [-0.1, -0.05) is 0 Å². The molecule has 1 aliphatic rings. The highest BCUT2D eigenvalue weighted by Crippen LogP contribution is 1.94. The van der Waals surface area contributed by atoms with E-state index in [-0.39, 0.29) is 11.9 Å². The summed E-state index contributed by atoms with van der Waals surface area (Å²) >= 11 is 4.72. The smallest absolute Gasteiger partial charge is 0.228 e. The van der Waals surface area contributed by atoms with Crippen molar-refractivity contribution in [3.63, 3.8) is 0 Å². The van der Waals surface area contributed by atoms with Crippen molar-refractivity contribution in [2.24, 2.45) is 0 Å². The Bertz CT molecular complexity index is 141. The summed E-state index contributed by atoms with van der Waals surface area (Å²) in [6.07, 6.45) is 0.514. The molecule has 1 rings (SSSR count). The first kappa shape index (κ1) is 6.48. The van der Waals surface area contributed by atoms with Crippen molar-refractivity contribution in [3.05, 3.63) is 0 Å². The number of rotatable bonds is 0. The van der Waals surface area contributed by atoms with E-state index in [0.717, 1.165) is 0 Å². The van der Waals surface area contributed by atoms with E-state index in [1.165, 1.54) is 0 Å². The van der Waals surface area contributed by atoms with Gasteiger partial charge in [0.25, 0.3) is 0 Å². The van der Waals surface area contributed by atoms with Crippen LogP contribution in [0.2, 0.25) is 0 Å². The molecule has 0 aromatic rings. The van der Waals surface area contributed by atoms with Gasteiger partial charge in [-0.15, -0.1) is 0 Å². The highest BCUT2D eigenvalue weighted by Gasteiger charge is 2.16. The fourth-order valence-corrected chi connectivity index (χ4v) is 1.08. The summed E-state index contributed by atoms with van der Waals surface area (Å²) < 4.78 is 0. The zero-order valence-electron chi connectivity index (χ0n) is 5.10. The van der Waals surface area contributed by atoms with E-state index < -0.39 is 0 Å². The molecule has 0 aliphatic carbocycles. The van der Waals surface area contributed by atoms with Crippen LogP contribution in [0.25, 0.3) is 0 Å². The van der Waals surface area contributed by atoms with E-state index in [1.54, 1.807) is 0 Å². The third-order valence-corrected chi connectivity index (χ3v) is 1.34. The molecule has 4 heteroatoms. The molecule has 0 radical (unpaired) electrons. The molecule has 9 heavy (non-hydrogen) atoms. The Morgan fingerprint density at radius 3 is 2.89 bits per heavy atom. The number of carbonyl (C=O) groups excluding carboxylic acids is 1. The van der Waals surface area contributed by atoms with Gasteiger partial charge in [-0.25, -0.2) is 0 Å². The summed E-state index contributed by atoms with van der Waals surface area (Å²) in [6, 6.07) is 0.186. The van der Waals surface area contributed by atoms with Crippen LogP contribution in [-0.4, -0.2) is 17.1 Å². The molecular formula is C5H8N2OS. The average Bonchev–Trinajstić information content (AvgIpc) is 1.59. The molecule has 0 aromatic heterocycles. The third kappa shape index (κ3) is 1.64. The van der Waals surface area contributed by atoms with E-state index in [4.69, 9.17) is 12.2 Å². The quantitative estimate of drug-likeness (QED) is 0.461. The van der Waals surface area contributed by atoms with Crippen LogP contribution in [0.5, 0.6) is 0 Å². The predicted molar refractivity (Wildman–Crippen MR) is 38.0 cm³/mol. The van der Waals surface area contributed by atoms with Crippen molar-refractivity contribution in [1.29, 1.82) is 0 Å². The molecule has 1 amide bonds. The fraction of sp³-hybridized carbons (Fsp3) is 0.600. The lowest BCUT2D eigenvalue weighted by molar-refractivity contribution is -0.120. The molecular weight excluding hydrogens is 136 g/mol. The summed E-state index contributed by atoms with van der Waals surface area (Å²) in [5, 5.41) is 5.84. The molecule has 1 atom stereocenters. The molecule has 0 bridgehead atoms. The van der Waals surface area contributed by atoms with E-state index >= 15 is 0 Å². The SMILES string of the molecule is C[C@H]1CC(=O)NC(=S)N1. The highest BCUT2D eigenvalue weighted by atomic mass is 32.1. The molecule has 3 nitrogen and oxygen atoms in total. The first-order valence-corrected chi connectivity index (χ1v) is 3.19. The van der Waals surface area contributed by atoms with Crippen LogP contribution in [0.15, 0.2) is 0 Å². The number of hydrogen-bond acceptors (Lipinski definition) is 2. The monoisotopic (exact) mass is 144 g/mol. The largest absolute Gasteiger partial charge is 0.359 e. The summed E-state index contributed by atoms with van der Waals surface area (Å²) in [5.41, 5.74) is 0. The van der Waals surface area contributed by atoms with E-state index in [2.05, 4.69) is 10.6 Å². The van der Waals surface area contributed by atoms with Gasteiger partial charge < -0.3 is 10.6 Å². The Morgan fingerprint density at radius 2 is 2.44 bits per heavy atom. The second-order valence-corrected chi connectivity index (χ2v) is 2.54. The fourth-order valence-electron chi connectivity index (χ4n) is 0.767. The molecule has 2 N–H and O–H groups in total. The second kappa shape index (κ2) is 2.31. The summed E-state index contributed by atoms with van der Waals surface area (Å²) in [4.78, 5) is 10.6. The van der Waals surface area contributed by atoms with Crippen LogP contribution >= 0.6 is 12.2 Å². The van der Waals surface area contributed by atoms with Gasteiger partial charge in [-0.3, -0.25) is 4.79 Å². The number of hydrogen-bond donors (Lipinski definition) is 2. The minimum absolute atomic E-state index is 0.00579. The molecule has 0 saturated carbocycles. The standard InChI is InChI=1S/C5H8N2OS/c1-3-2-4(8)7-5(9)6-3/h3H,2H2,1H3,(H2,6,7,8,9)/t3-/m0/s1. The topological polar surface area (TPSA) is 41.1 Å². The maximum absolute atomic E-state index is 10.6. The maximum atomic E-state index is 10.6. The van der Waals surface area contributed by atoms with Gasteiger partial charge in [0.2, 0.25) is 5.91 Å². The molecule has 50 valence electrons. The average molecular weight is 144 g/mol. The Morgan fingerprint density at radius 1 is 1.78 bits per heavy atom. The lowest BCUT2D eigenvalue weighted by atomic mass is 10.2. The summed E-state index contributed by atoms with van der Waals surface area (Å²) in [5.74, 6) is 0.00579. The van der Waals surface area contributed by atoms with Gasteiger partial charge in [-0.2, -0.15) is 0 Å². The summed E-state index contributed by atoms with van der Waals surface area (Å²) in [6.45, 7) is 1.92. The van der Waals surface area contributed by atoms with Gasteiger partial charge in [0.05, 0.1) is 0 Å². The first-order chi connectivity index (χ1) is 4.18. The zero-order valence-corrected chi connectivity index (χ0v) is 5.92. The van der Waals surface area contributed by atoms with E-state index in [9.17, 15) is 4.79 Å². The van der Waals surface area contributed by atoms with Crippen LogP contribution in [-0.2, 0) is 4.79 Å². The third-order valence-electron chi connectivity index (χ3n) is 1.12. The molecule has 0 unspecified atom stereocenters.